The topological polar surface area (TPSA) is 26.3 Å². The van der Waals surface area contributed by atoms with Crippen LogP contribution in [0.3, 0.4) is 0 Å². The molecule has 0 bridgehead atoms. The van der Waals surface area contributed by atoms with E-state index in [1.807, 2.05) is 27.7 Å². The van der Waals surface area contributed by atoms with Gasteiger partial charge in [-0.25, -0.2) is 4.79 Å². The highest BCUT2D eigenvalue weighted by Gasteiger charge is 2.22. The molecule has 0 fully saturated rings. The third kappa shape index (κ3) is 5.72. The van der Waals surface area contributed by atoms with Crippen LogP contribution in [0.15, 0.2) is 0 Å². The summed E-state index contributed by atoms with van der Waals surface area (Å²) in [7, 11) is 0. The van der Waals surface area contributed by atoms with E-state index in [0.717, 1.165) is 5.75 Å². The Kier molecular flexibility index (Phi) is 5.02. The number of carbonyl (C=O) groups is 1. The molecule has 1 atom stereocenters. The fourth-order valence-electron chi connectivity index (χ4n) is 0.562. The number of alkyl halides is 1. The second-order valence-corrected chi connectivity index (χ2v) is 5.38. The lowest BCUT2D eigenvalue weighted by Gasteiger charge is -2.20. The first kappa shape index (κ1) is 12.1. The van der Waals surface area contributed by atoms with Gasteiger partial charge in [-0.1, -0.05) is 18.5 Å². The highest BCUT2D eigenvalue weighted by Crippen LogP contribution is 2.19. The third-order valence-electron chi connectivity index (χ3n) is 0.905. The van der Waals surface area contributed by atoms with Crippen molar-refractivity contribution in [2.45, 2.75) is 38.0 Å². The maximum atomic E-state index is 11.2. The fourth-order valence-corrected chi connectivity index (χ4v) is 1.46. The van der Waals surface area contributed by atoms with E-state index in [0.29, 0.717) is 0 Å². The predicted octanol–water partition coefficient (Wildman–Crippen LogP) is 2.65. The summed E-state index contributed by atoms with van der Waals surface area (Å²) in [4.78, 5) is 11.2. The lowest BCUT2D eigenvalue weighted by molar-refractivity contribution is -0.152. The van der Waals surface area contributed by atoms with E-state index < -0.39 is 10.3 Å². The molecule has 0 rings (SSSR count). The molecule has 0 aromatic carbocycles. The van der Waals surface area contributed by atoms with Gasteiger partial charge in [0.05, 0.1) is 0 Å². The van der Waals surface area contributed by atoms with Gasteiger partial charge < -0.3 is 4.74 Å². The highest BCUT2D eigenvalue weighted by molar-refractivity contribution is 8.01. The van der Waals surface area contributed by atoms with Gasteiger partial charge >= 0.3 is 5.97 Å². The third-order valence-corrected chi connectivity index (χ3v) is 2.28. The molecule has 0 aromatic rings. The quantitative estimate of drug-likeness (QED) is 0.529. The number of hydrogen-bond acceptors (Lipinski definition) is 3. The summed E-state index contributed by atoms with van der Waals surface area (Å²) >= 11 is 7.10. The molecule has 12 heavy (non-hydrogen) atoms. The standard InChI is InChI=1S/C8H15ClO2S/c1-5-12-6(9)7(10)11-8(2,3)4/h6H,5H2,1-4H3. The van der Waals surface area contributed by atoms with Gasteiger partial charge in [0.15, 0.2) is 4.71 Å². The van der Waals surface area contributed by atoms with Gasteiger partial charge in [0, 0.05) is 0 Å². The van der Waals surface area contributed by atoms with Crippen LogP contribution in [0.1, 0.15) is 27.7 Å². The molecule has 0 heterocycles. The first-order chi connectivity index (χ1) is 5.37. The van der Waals surface area contributed by atoms with Gasteiger partial charge in [0.1, 0.15) is 5.60 Å². The van der Waals surface area contributed by atoms with E-state index in [-0.39, 0.29) is 5.97 Å². The van der Waals surface area contributed by atoms with E-state index in [9.17, 15) is 4.79 Å². The van der Waals surface area contributed by atoms with Crippen LogP contribution in [0.25, 0.3) is 0 Å². The number of hydrogen-bond donors (Lipinski definition) is 0. The van der Waals surface area contributed by atoms with Crippen molar-refractivity contribution in [2.24, 2.45) is 0 Å². The normalized spacial score (nSPS) is 14.1. The average molecular weight is 211 g/mol. The monoisotopic (exact) mass is 210 g/mol. The molecular weight excluding hydrogens is 196 g/mol. The molecule has 0 aliphatic rings. The molecule has 72 valence electrons. The molecule has 0 N–H and O–H groups in total. The second kappa shape index (κ2) is 4.97. The van der Waals surface area contributed by atoms with Gasteiger partial charge in [0.2, 0.25) is 0 Å². The summed E-state index contributed by atoms with van der Waals surface area (Å²) < 4.78 is 4.49. The Morgan fingerprint density at radius 2 is 2.08 bits per heavy atom. The van der Waals surface area contributed by atoms with Crippen molar-refractivity contribution in [3.8, 4) is 0 Å². The van der Waals surface area contributed by atoms with E-state index in [1.165, 1.54) is 11.8 Å². The van der Waals surface area contributed by atoms with Crippen LogP contribution in [-0.4, -0.2) is 22.0 Å². The molecule has 4 heteroatoms. The summed E-state index contributed by atoms with van der Waals surface area (Å²) in [5, 5.41) is 0. The first-order valence-corrected chi connectivity index (χ1v) is 5.34. The predicted molar refractivity (Wildman–Crippen MR) is 53.6 cm³/mol. The largest absolute Gasteiger partial charge is 0.458 e. The molecule has 0 amide bonds. The Morgan fingerprint density at radius 3 is 2.42 bits per heavy atom. The maximum absolute atomic E-state index is 11.2. The fraction of sp³-hybridized carbons (Fsp3) is 0.875. The van der Waals surface area contributed by atoms with Gasteiger partial charge in [-0.2, -0.15) is 0 Å². The molecule has 0 aliphatic heterocycles. The van der Waals surface area contributed by atoms with Crippen molar-refractivity contribution in [1.29, 1.82) is 0 Å². The SMILES string of the molecule is CCSC(Cl)C(=O)OC(C)(C)C. The number of ether oxygens (including phenoxy) is 1. The molecule has 0 saturated heterocycles. The van der Waals surface area contributed by atoms with Crippen molar-refractivity contribution in [3.05, 3.63) is 0 Å². The molecule has 0 radical (unpaired) electrons. The van der Waals surface area contributed by atoms with Crippen molar-refractivity contribution >= 4 is 29.3 Å². The Labute approximate surface area is 83.0 Å². The Hall–Kier alpha value is 0.110. The number of esters is 1. The summed E-state index contributed by atoms with van der Waals surface area (Å²) in [5.74, 6) is 0.462. The second-order valence-electron chi connectivity index (χ2n) is 3.30. The molecule has 2 nitrogen and oxygen atoms in total. The molecule has 0 saturated carbocycles. The smallest absolute Gasteiger partial charge is 0.334 e. The Balaban J connectivity index is 3.87. The van der Waals surface area contributed by atoms with Crippen LogP contribution in [0.4, 0.5) is 0 Å². The van der Waals surface area contributed by atoms with Crippen molar-refractivity contribution in [1.82, 2.24) is 0 Å². The zero-order chi connectivity index (χ0) is 9.78. The number of halogens is 1. The van der Waals surface area contributed by atoms with Crippen molar-refractivity contribution < 1.29 is 9.53 Å². The number of carbonyl (C=O) groups excluding carboxylic acids is 1. The van der Waals surface area contributed by atoms with Crippen LogP contribution in [-0.2, 0) is 9.53 Å². The van der Waals surface area contributed by atoms with E-state index in [1.54, 1.807) is 0 Å². The van der Waals surface area contributed by atoms with Crippen LogP contribution in [0, 0.1) is 0 Å². The van der Waals surface area contributed by atoms with Crippen LogP contribution >= 0.6 is 23.4 Å². The summed E-state index contributed by atoms with van der Waals surface area (Å²) in [5.41, 5.74) is -0.446. The van der Waals surface area contributed by atoms with Crippen LogP contribution in [0.2, 0.25) is 0 Å². The van der Waals surface area contributed by atoms with Gasteiger partial charge in [-0.3, -0.25) is 0 Å². The number of rotatable bonds is 3. The minimum absolute atomic E-state index is 0.351. The maximum Gasteiger partial charge on any atom is 0.334 e. The average Bonchev–Trinajstić information content (AvgIpc) is 1.84. The number of thioether (sulfide) groups is 1. The van der Waals surface area contributed by atoms with E-state index in [2.05, 4.69) is 0 Å². The zero-order valence-electron chi connectivity index (χ0n) is 7.89. The molecule has 0 aliphatic carbocycles. The van der Waals surface area contributed by atoms with E-state index in [4.69, 9.17) is 16.3 Å². The van der Waals surface area contributed by atoms with Gasteiger partial charge in [-0.05, 0) is 26.5 Å². The first-order valence-electron chi connectivity index (χ1n) is 3.85. The summed E-state index contributed by atoms with van der Waals surface area (Å²) in [6.45, 7) is 7.42. The highest BCUT2D eigenvalue weighted by atomic mass is 35.5. The zero-order valence-corrected chi connectivity index (χ0v) is 9.46. The molecule has 0 aromatic heterocycles. The summed E-state index contributed by atoms with van der Waals surface area (Å²) in [6, 6.07) is 0. The Bertz CT molecular complexity index is 154. The summed E-state index contributed by atoms with van der Waals surface area (Å²) in [6.07, 6.45) is 0. The lowest BCUT2D eigenvalue weighted by Crippen LogP contribution is -2.27. The van der Waals surface area contributed by atoms with Gasteiger partial charge in [0.25, 0.3) is 0 Å². The van der Waals surface area contributed by atoms with Crippen molar-refractivity contribution in [3.63, 3.8) is 0 Å². The van der Waals surface area contributed by atoms with Crippen molar-refractivity contribution in [2.75, 3.05) is 5.75 Å². The molecular formula is C8H15ClO2S. The molecule has 1 unspecified atom stereocenters. The van der Waals surface area contributed by atoms with Crippen LogP contribution in [0.5, 0.6) is 0 Å². The lowest BCUT2D eigenvalue weighted by atomic mass is 10.2. The van der Waals surface area contributed by atoms with Crippen LogP contribution < -0.4 is 0 Å². The van der Waals surface area contributed by atoms with Gasteiger partial charge in [-0.15, -0.1) is 11.8 Å². The minimum Gasteiger partial charge on any atom is -0.458 e. The van der Waals surface area contributed by atoms with E-state index >= 15 is 0 Å². The molecule has 0 spiro atoms. The Morgan fingerprint density at radius 1 is 1.58 bits per heavy atom. The minimum atomic E-state index is -0.575.